The van der Waals surface area contributed by atoms with Gasteiger partial charge >= 0.3 is 6.03 Å². The Morgan fingerprint density at radius 1 is 1.22 bits per heavy atom. The average molecular weight is 374 g/mol. The van der Waals surface area contributed by atoms with Gasteiger partial charge < -0.3 is 25.6 Å². The van der Waals surface area contributed by atoms with Gasteiger partial charge in [-0.25, -0.2) is 4.79 Å². The topological polar surface area (TPSA) is 82.7 Å². The van der Waals surface area contributed by atoms with E-state index in [-0.39, 0.29) is 11.9 Å². The van der Waals surface area contributed by atoms with E-state index in [0.717, 1.165) is 63.1 Å². The molecular formula is C20H30N4O3. The molecule has 2 aliphatic heterocycles. The molecule has 3 rings (SSSR count). The van der Waals surface area contributed by atoms with Crippen molar-refractivity contribution in [2.75, 3.05) is 45.2 Å². The molecule has 2 aliphatic rings. The van der Waals surface area contributed by atoms with Crippen molar-refractivity contribution < 1.29 is 14.3 Å². The molecule has 0 bridgehead atoms. The van der Waals surface area contributed by atoms with Crippen molar-refractivity contribution in [3.63, 3.8) is 0 Å². The lowest BCUT2D eigenvalue weighted by Gasteiger charge is -2.35. The Labute approximate surface area is 160 Å². The van der Waals surface area contributed by atoms with E-state index in [1.54, 1.807) is 7.11 Å². The number of amides is 3. The molecule has 148 valence electrons. The van der Waals surface area contributed by atoms with E-state index in [1.165, 1.54) is 0 Å². The maximum atomic E-state index is 12.8. The SMILES string of the molecule is COCC1(C(=O)NCc2cccc(NC(=O)N3CCCC3)c2)CCNCC1. The summed E-state index contributed by atoms with van der Waals surface area (Å²) in [7, 11) is 1.64. The van der Waals surface area contributed by atoms with Crippen molar-refractivity contribution in [1.29, 1.82) is 0 Å². The zero-order valence-corrected chi connectivity index (χ0v) is 16.1. The quantitative estimate of drug-likeness (QED) is 0.711. The fourth-order valence-electron chi connectivity index (χ4n) is 3.87. The predicted molar refractivity (Wildman–Crippen MR) is 105 cm³/mol. The number of urea groups is 1. The summed E-state index contributed by atoms with van der Waals surface area (Å²) < 4.78 is 5.33. The van der Waals surface area contributed by atoms with E-state index < -0.39 is 5.41 Å². The molecule has 7 nitrogen and oxygen atoms in total. The third-order valence-corrected chi connectivity index (χ3v) is 5.49. The molecule has 0 radical (unpaired) electrons. The van der Waals surface area contributed by atoms with Crippen LogP contribution in [0.1, 0.15) is 31.2 Å². The molecule has 3 N–H and O–H groups in total. The molecule has 2 saturated heterocycles. The van der Waals surface area contributed by atoms with E-state index in [2.05, 4.69) is 16.0 Å². The first kappa shape index (κ1) is 19.6. The van der Waals surface area contributed by atoms with Crippen LogP contribution < -0.4 is 16.0 Å². The third kappa shape index (κ3) is 4.99. The first-order valence-corrected chi connectivity index (χ1v) is 9.76. The van der Waals surface area contributed by atoms with E-state index in [0.29, 0.717) is 13.2 Å². The van der Waals surface area contributed by atoms with Gasteiger partial charge in [-0.05, 0) is 56.5 Å². The van der Waals surface area contributed by atoms with Gasteiger partial charge in [0.25, 0.3) is 0 Å². The largest absolute Gasteiger partial charge is 0.384 e. The zero-order valence-electron chi connectivity index (χ0n) is 16.1. The van der Waals surface area contributed by atoms with E-state index in [9.17, 15) is 9.59 Å². The Bertz CT molecular complexity index is 647. The molecule has 0 spiro atoms. The minimum Gasteiger partial charge on any atom is -0.384 e. The lowest BCUT2D eigenvalue weighted by Crippen LogP contribution is -2.49. The fraction of sp³-hybridized carbons (Fsp3) is 0.600. The molecular weight excluding hydrogens is 344 g/mol. The molecule has 2 heterocycles. The van der Waals surface area contributed by atoms with E-state index >= 15 is 0 Å². The van der Waals surface area contributed by atoms with Crippen LogP contribution in [-0.2, 0) is 16.1 Å². The number of piperidine rings is 1. The highest BCUT2D eigenvalue weighted by Gasteiger charge is 2.39. The van der Waals surface area contributed by atoms with Crippen molar-refractivity contribution >= 4 is 17.6 Å². The minimum absolute atomic E-state index is 0.0392. The Morgan fingerprint density at radius 2 is 1.96 bits per heavy atom. The second-order valence-electron chi connectivity index (χ2n) is 7.47. The number of carbonyl (C=O) groups excluding carboxylic acids is 2. The molecule has 3 amide bonds. The van der Waals surface area contributed by atoms with Crippen LogP contribution in [0.4, 0.5) is 10.5 Å². The number of methoxy groups -OCH3 is 1. The lowest BCUT2D eigenvalue weighted by atomic mass is 9.78. The van der Waals surface area contributed by atoms with Gasteiger partial charge in [-0.15, -0.1) is 0 Å². The highest BCUT2D eigenvalue weighted by Crippen LogP contribution is 2.29. The van der Waals surface area contributed by atoms with Crippen molar-refractivity contribution in [2.45, 2.75) is 32.2 Å². The van der Waals surface area contributed by atoms with Gasteiger partial charge in [0, 0.05) is 32.4 Å². The summed E-state index contributed by atoms with van der Waals surface area (Å²) in [4.78, 5) is 26.9. The summed E-state index contributed by atoms with van der Waals surface area (Å²) >= 11 is 0. The van der Waals surface area contributed by atoms with Gasteiger partial charge in [0.05, 0.1) is 12.0 Å². The smallest absolute Gasteiger partial charge is 0.321 e. The molecule has 1 aromatic carbocycles. The van der Waals surface area contributed by atoms with Crippen molar-refractivity contribution in [2.24, 2.45) is 5.41 Å². The van der Waals surface area contributed by atoms with E-state index in [4.69, 9.17) is 4.74 Å². The Kier molecular flexibility index (Phi) is 6.68. The first-order chi connectivity index (χ1) is 13.1. The molecule has 0 unspecified atom stereocenters. The third-order valence-electron chi connectivity index (χ3n) is 5.49. The molecule has 1 aromatic rings. The molecule has 7 heteroatoms. The molecule has 0 aromatic heterocycles. The van der Waals surface area contributed by atoms with Crippen LogP contribution in [0.2, 0.25) is 0 Å². The van der Waals surface area contributed by atoms with Crippen LogP contribution in [0, 0.1) is 5.41 Å². The lowest BCUT2D eigenvalue weighted by molar-refractivity contribution is -0.136. The van der Waals surface area contributed by atoms with Gasteiger partial charge in [0.1, 0.15) is 0 Å². The summed E-state index contributed by atoms with van der Waals surface area (Å²) in [5.74, 6) is 0.0392. The number of benzene rings is 1. The zero-order chi connectivity index (χ0) is 19.1. The highest BCUT2D eigenvalue weighted by atomic mass is 16.5. The number of ether oxygens (including phenoxy) is 1. The van der Waals surface area contributed by atoms with Crippen LogP contribution in [0.15, 0.2) is 24.3 Å². The molecule has 2 fully saturated rings. The summed E-state index contributed by atoms with van der Waals surface area (Å²) in [6, 6.07) is 7.59. The fourth-order valence-corrected chi connectivity index (χ4v) is 3.87. The Balaban J connectivity index is 1.57. The second kappa shape index (κ2) is 9.19. The van der Waals surface area contributed by atoms with Crippen LogP contribution in [-0.4, -0.2) is 56.7 Å². The average Bonchev–Trinajstić information content (AvgIpc) is 3.22. The summed E-state index contributed by atoms with van der Waals surface area (Å²) in [6.45, 7) is 4.16. The number of nitrogens with zero attached hydrogens (tertiary/aromatic N) is 1. The first-order valence-electron chi connectivity index (χ1n) is 9.76. The normalized spacial score (nSPS) is 18.9. The van der Waals surface area contributed by atoms with Crippen LogP contribution >= 0.6 is 0 Å². The van der Waals surface area contributed by atoms with Crippen LogP contribution in [0.25, 0.3) is 0 Å². The van der Waals surface area contributed by atoms with Crippen molar-refractivity contribution in [1.82, 2.24) is 15.5 Å². The summed E-state index contributed by atoms with van der Waals surface area (Å²) in [5, 5.41) is 9.30. The molecule has 0 aliphatic carbocycles. The van der Waals surface area contributed by atoms with Gasteiger partial charge in [-0.1, -0.05) is 12.1 Å². The number of carbonyl (C=O) groups is 2. The molecule has 27 heavy (non-hydrogen) atoms. The number of rotatable bonds is 6. The standard InChI is InChI=1S/C20H30N4O3/c1-27-15-20(7-9-21-10-8-20)18(25)22-14-16-5-4-6-17(13-16)23-19(26)24-11-2-3-12-24/h4-6,13,21H,2-3,7-12,14-15H2,1H3,(H,22,25)(H,23,26). The number of anilines is 1. The van der Waals surface area contributed by atoms with Crippen molar-refractivity contribution in [3.05, 3.63) is 29.8 Å². The van der Waals surface area contributed by atoms with Crippen LogP contribution in [0.5, 0.6) is 0 Å². The monoisotopic (exact) mass is 374 g/mol. The maximum Gasteiger partial charge on any atom is 0.321 e. The van der Waals surface area contributed by atoms with Gasteiger partial charge in [-0.3, -0.25) is 4.79 Å². The minimum atomic E-state index is -0.457. The van der Waals surface area contributed by atoms with Gasteiger partial charge in [-0.2, -0.15) is 0 Å². The molecule has 0 saturated carbocycles. The number of hydrogen-bond donors (Lipinski definition) is 3. The van der Waals surface area contributed by atoms with Gasteiger partial charge in [0.15, 0.2) is 0 Å². The highest BCUT2D eigenvalue weighted by molar-refractivity contribution is 5.89. The van der Waals surface area contributed by atoms with E-state index in [1.807, 2.05) is 29.2 Å². The Hall–Kier alpha value is -2.12. The Morgan fingerprint density at radius 3 is 2.67 bits per heavy atom. The maximum absolute atomic E-state index is 12.8. The van der Waals surface area contributed by atoms with Crippen molar-refractivity contribution in [3.8, 4) is 0 Å². The number of hydrogen-bond acceptors (Lipinski definition) is 4. The summed E-state index contributed by atoms with van der Waals surface area (Å²) in [5.41, 5.74) is 1.26. The van der Waals surface area contributed by atoms with Crippen LogP contribution in [0.3, 0.4) is 0 Å². The molecule has 0 atom stereocenters. The second-order valence-corrected chi connectivity index (χ2v) is 7.47. The number of nitrogens with one attached hydrogen (secondary N) is 3. The predicted octanol–water partition coefficient (Wildman–Crippen LogP) is 1.95. The summed E-state index contributed by atoms with van der Waals surface area (Å²) in [6.07, 6.45) is 3.69. The number of likely N-dealkylation sites (tertiary alicyclic amines) is 1. The van der Waals surface area contributed by atoms with Gasteiger partial charge in [0.2, 0.25) is 5.91 Å².